The van der Waals surface area contributed by atoms with Crippen molar-refractivity contribution in [1.82, 2.24) is 20.2 Å². The molecule has 1 saturated heterocycles. The first kappa shape index (κ1) is 12.5. The average Bonchev–Trinajstić information content (AvgIpc) is 2.46. The number of aromatic nitrogens is 2. The van der Waals surface area contributed by atoms with Crippen LogP contribution >= 0.6 is 0 Å². The molecule has 0 bridgehead atoms. The van der Waals surface area contributed by atoms with Crippen molar-refractivity contribution in [1.29, 1.82) is 0 Å². The Labute approximate surface area is 120 Å². The summed E-state index contributed by atoms with van der Waals surface area (Å²) in [5.74, 6) is 0.943. The summed E-state index contributed by atoms with van der Waals surface area (Å²) in [5, 5.41) is 3.37. The van der Waals surface area contributed by atoms with Crippen LogP contribution in [-0.2, 0) is 13.0 Å². The zero-order valence-corrected chi connectivity index (χ0v) is 12.0. The van der Waals surface area contributed by atoms with E-state index in [-0.39, 0.29) is 0 Å². The lowest BCUT2D eigenvalue weighted by atomic mass is 9.91. The van der Waals surface area contributed by atoms with Crippen LogP contribution in [0.15, 0.2) is 6.20 Å². The van der Waals surface area contributed by atoms with Crippen LogP contribution in [0.25, 0.3) is 0 Å². The van der Waals surface area contributed by atoms with Crippen molar-refractivity contribution in [3.63, 3.8) is 0 Å². The monoisotopic (exact) mass is 273 g/mol. The van der Waals surface area contributed by atoms with Crippen LogP contribution in [0, 0.1) is 0 Å². The molecule has 0 spiro atoms. The van der Waals surface area contributed by atoms with Crippen LogP contribution in [0.5, 0.6) is 0 Å². The second-order valence-corrected chi connectivity index (χ2v) is 6.18. The summed E-state index contributed by atoms with van der Waals surface area (Å²) >= 11 is 0. The first-order chi connectivity index (χ1) is 9.90. The number of rotatable bonds is 2. The maximum Gasteiger partial charge on any atom is 0.225 e. The standard InChI is InChI=1S/C15H23N5/c1-2-13(3-1)19-6-8-20(9-7-19)15-17-11-12-10-16-5-4-14(12)18-15/h11,13,16H,1-10H2. The molecule has 1 saturated carbocycles. The normalized spacial score (nSPS) is 24.3. The van der Waals surface area contributed by atoms with Gasteiger partial charge in [-0.05, 0) is 12.8 Å². The van der Waals surface area contributed by atoms with Gasteiger partial charge in [-0.25, -0.2) is 9.97 Å². The Hall–Kier alpha value is -1.20. The van der Waals surface area contributed by atoms with E-state index in [2.05, 4.69) is 20.1 Å². The number of hydrogen-bond acceptors (Lipinski definition) is 5. The van der Waals surface area contributed by atoms with Crippen molar-refractivity contribution in [3.8, 4) is 0 Å². The van der Waals surface area contributed by atoms with Gasteiger partial charge < -0.3 is 10.2 Å². The molecule has 0 atom stereocenters. The van der Waals surface area contributed by atoms with Gasteiger partial charge in [0.05, 0.1) is 5.69 Å². The molecule has 0 aromatic carbocycles. The Balaban J connectivity index is 1.43. The number of piperazine rings is 1. The molecule has 1 aromatic rings. The minimum absolute atomic E-state index is 0.868. The van der Waals surface area contributed by atoms with E-state index in [9.17, 15) is 0 Å². The highest BCUT2D eigenvalue weighted by atomic mass is 15.3. The molecule has 1 N–H and O–H groups in total. The lowest BCUT2D eigenvalue weighted by Crippen LogP contribution is -2.52. The van der Waals surface area contributed by atoms with Gasteiger partial charge in [-0.1, -0.05) is 6.42 Å². The quantitative estimate of drug-likeness (QED) is 0.863. The predicted octanol–water partition coefficient (Wildman–Crippen LogP) is 0.797. The van der Waals surface area contributed by atoms with Gasteiger partial charge >= 0.3 is 0 Å². The Bertz CT molecular complexity index is 477. The van der Waals surface area contributed by atoms with Crippen LogP contribution in [0.1, 0.15) is 30.5 Å². The molecule has 5 heteroatoms. The van der Waals surface area contributed by atoms with Gasteiger partial charge in [0, 0.05) is 63.5 Å². The van der Waals surface area contributed by atoms with E-state index in [1.165, 1.54) is 43.6 Å². The van der Waals surface area contributed by atoms with Crippen LogP contribution in [0.3, 0.4) is 0 Å². The van der Waals surface area contributed by atoms with Crippen LogP contribution in [0.2, 0.25) is 0 Å². The van der Waals surface area contributed by atoms with Crippen LogP contribution < -0.4 is 10.2 Å². The van der Waals surface area contributed by atoms with Gasteiger partial charge in [-0.3, -0.25) is 4.90 Å². The smallest absolute Gasteiger partial charge is 0.225 e. The van der Waals surface area contributed by atoms with E-state index in [4.69, 9.17) is 4.98 Å². The lowest BCUT2D eigenvalue weighted by Gasteiger charge is -2.43. The minimum Gasteiger partial charge on any atom is -0.338 e. The summed E-state index contributed by atoms with van der Waals surface area (Å²) in [6.45, 7) is 6.46. The van der Waals surface area contributed by atoms with E-state index < -0.39 is 0 Å². The largest absolute Gasteiger partial charge is 0.338 e. The number of anilines is 1. The fraction of sp³-hybridized carbons (Fsp3) is 0.733. The zero-order valence-electron chi connectivity index (χ0n) is 12.0. The Morgan fingerprint density at radius 3 is 2.75 bits per heavy atom. The Kier molecular flexibility index (Phi) is 3.32. The fourth-order valence-electron chi connectivity index (χ4n) is 3.42. The summed E-state index contributed by atoms with van der Waals surface area (Å²) in [4.78, 5) is 14.4. The van der Waals surface area contributed by atoms with E-state index >= 15 is 0 Å². The number of nitrogens with one attached hydrogen (secondary N) is 1. The van der Waals surface area contributed by atoms with Crippen molar-refractivity contribution in [2.75, 3.05) is 37.6 Å². The number of fused-ring (bicyclic) bond motifs is 1. The first-order valence-corrected chi connectivity index (χ1v) is 7.95. The number of hydrogen-bond donors (Lipinski definition) is 1. The van der Waals surface area contributed by atoms with Crippen molar-refractivity contribution < 1.29 is 0 Å². The summed E-state index contributed by atoms with van der Waals surface area (Å²) in [5.41, 5.74) is 2.52. The topological polar surface area (TPSA) is 44.3 Å². The highest BCUT2D eigenvalue weighted by Gasteiger charge is 2.28. The second-order valence-electron chi connectivity index (χ2n) is 6.18. The summed E-state index contributed by atoms with van der Waals surface area (Å²) in [6.07, 6.45) is 7.28. The Morgan fingerprint density at radius 2 is 2.00 bits per heavy atom. The highest BCUT2D eigenvalue weighted by Crippen LogP contribution is 2.26. The molecule has 1 aliphatic carbocycles. The average molecular weight is 273 g/mol. The fourth-order valence-corrected chi connectivity index (χ4v) is 3.42. The van der Waals surface area contributed by atoms with Crippen molar-refractivity contribution in [2.24, 2.45) is 0 Å². The van der Waals surface area contributed by atoms with E-state index in [1.54, 1.807) is 0 Å². The molecule has 0 radical (unpaired) electrons. The van der Waals surface area contributed by atoms with Gasteiger partial charge in [0.15, 0.2) is 0 Å². The molecule has 1 aromatic heterocycles. The van der Waals surface area contributed by atoms with Crippen molar-refractivity contribution in [3.05, 3.63) is 17.5 Å². The maximum absolute atomic E-state index is 4.80. The number of nitrogens with zero attached hydrogens (tertiary/aromatic N) is 4. The Morgan fingerprint density at radius 1 is 1.15 bits per heavy atom. The summed E-state index contributed by atoms with van der Waals surface area (Å²) < 4.78 is 0. The van der Waals surface area contributed by atoms with Gasteiger partial charge in [-0.2, -0.15) is 0 Å². The van der Waals surface area contributed by atoms with Crippen molar-refractivity contribution >= 4 is 5.95 Å². The SMILES string of the molecule is c1nc(N2CCN(C3CCC3)CC2)nc2c1CNCC2. The minimum atomic E-state index is 0.868. The second kappa shape index (κ2) is 5.30. The van der Waals surface area contributed by atoms with Gasteiger partial charge in [0.2, 0.25) is 5.95 Å². The molecule has 20 heavy (non-hydrogen) atoms. The van der Waals surface area contributed by atoms with E-state index in [1.807, 2.05) is 6.20 Å². The molecule has 0 amide bonds. The molecule has 3 heterocycles. The predicted molar refractivity (Wildman–Crippen MR) is 78.9 cm³/mol. The van der Waals surface area contributed by atoms with Gasteiger partial charge in [0.25, 0.3) is 0 Å². The lowest BCUT2D eigenvalue weighted by molar-refractivity contribution is 0.120. The summed E-state index contributed by atoms with van der Waals surface area (Å²) in [6, 6.07) is 0.868. The molecular formula is C15H23N5. The van der Waals surface area contributed by atoms with E-state index in [0.29, 0.717) is 0 Å². The molecule has 5 nitrogen and oxygen atoms in total. The zero-order chi connectivity index (χ0) is 13.4. The first-order valence-electron chi connectivity index (χ1n) is 7.95. The third-order valence-corrected chi connectivity index (χ3v) is 4.98. The van der Waals surface area contributed by atoms with E-state index in [0.717, 1.165) is 44.6 Å². The van der Waals surface area contributed by atoms with Gasteiger partial charge in [-0.15, -0.1) is 0 Å². The van der Waals surface area contributed by atoms with Crippen molar-refractivity contribution in [2.45, 2.75) is 38.3 Å². The molecule has 0 unspecified atom stereocenters. The van der Waals surface area contributed by atoms with Crippen LogP contribution in [0.4, 0.5) is 5.95 Å². The molecule has 108 valence electrons. The third kappa shape index (κ3) is 2.29. The maximum atomic E-state index is 4.80. The molecule has 2 fully saturated rings. The third-order valence-electron chi connectivity index (χ3n) is 4.98. The molecule has 2 aliphatic heterocycles. The van der Waals surface area contributed by atoms with Crippen LogP contribution in [-0.4, -0.2) is 53.6 Å². The molecule has 4 rings (SSSR count). The highest BCUT2D eigenvalue weighted by molar-refractivity contribution is 5.35. The molecular weight excluding hydrogens is 250 g/mol. The molecule has 3 aliphatic rings. The summed E-state index contributed by atoms with van der Waals surface area (Å²) in [7, 11) is 0. The van der Waals surface area contributed by atoms with Gasteiger partial charge in [0.1, 0.15) is 0 Å².